The topological polar surface area (TPSA) is 89.3 Å². The third-order valence-electron chi connectivity index (χ3n) is 3.79. The Balaban J connectivity index is 2.09. The second-order valence-electron chi connectivity index (χ2n) is 5.47. The van der Waals surface area contributed by atoms with Gasteiger partial charge in [-0.1, -0.05) is 19.1 Å². The summed E-state index contributed by atoms with van der Waals surface area (Å²) in [6.07, 6.45) is 2.23. The summed E-state index contributed by atoms with van der Waals surface area (Å²) in [5.41, 5.74) is 0.730. The molecule has 6 heteroatoms. The summed E-state index contributed by atoms with van der Waals surface area (Å²) in [6.45, 7) is 3.76. The van der Waals surface area contributed by atoms with Crippen LogP contribution in [0.25, 0.3) is 0 Å². The summed E-state index contributed by atoms with van der Waals surface area (Å²) in [5, 5.41) is 8.03. The zero-order chi connectivity index (χ0) is 14.9. The van der Waals surface area contributed by atoms with Gasteiger partial charge >= 0.3 is 0 Å². The SMILES string of the molecule is CC(NC(=O)C(C)C1CC1)c1cccc(S(N)(=O)=O)c1. The van der Waals surface area contributed by atoms with Gasteiger partial charge in [0.25, 0.3) is 0 Å². The lowest BCUT2D eigenvalue weighted by Gasteiger charge is -2.18. The van der Waals surface area contributed by atoms with Crippen LogP contribution >= 0.6 is 0 Å². The summed E-state index contributed by atoms with van der Waals surface area (Å²) in [6, 6.07) is 6.11. The van der Waals surface area contributed by atoms with Gasteiger partial charge in [-0.3, -0.25) is 4.79 Å². The minimum absolute atomic E-state index is 0.0128. The number of nitrogens with two attached hydrogens (primary N) is 1. The van der Waals surface area contributed by atoms with Gasteiger partial charge < -0.3 is 5.32 Å². The number of hydrogen-bond acceptors (Lipinski definition) is 3. The van der Waals surface area contributed by atoms with Gasteiger partial charge in [0, 0.05) is 5.92 Å². The van der Waals surface area contributed by atoms with E-state index in [2.05, 4.69) is 5.32 Å². The molecule has 1 aromatic rings. The van der Waals surface area contributed by atoms with E-state index in [0.717, 1.165) is 18.4 Å². The Morgan fingerprint density at radius 3 is 2.55 bits per heavy atom. The average molecular weight is 296 g/mol. The van der Waals surface area contributed by atoms with Gasteiger partial charge in [-0.15, -0.1) is 0 Å². The highest BCUT2D eigenvalue weighted by Gasteiger charge is 2.33. The summed E-state index contributed by atoms with van der Waals surface area (Å²) in [5.74, 6) is 0.526. The van der Waals surface area contributed by atoms with Crippen molar-refractivity contribution in [2.24, 2.45) is 17.0 Å². The Morgan fingerprint density at radius 2 is 2.00 bits per heavy atom. The number of carbonyl (C=O) groups is 1. The minimum atomic E-state index is -3.72. The van der Waals surface area contributed by atoms with E-state index in [-0.39, 0.29) is 22.8 Å². The van der Waals surface area contributed by atoms with Crippen molar-refractivity contribution in [2.75, 3.05) is 0 Å². The summed E-state index contributed by atoms with van der Waals surface area (Å²) < 4.78 is 22.7. The summed E-state index contributed by atoms with van der Waals surface area (Å²) in [4.78, 5) is 12.1. The van der Waals surface area contributed by atoms with E-state index in [4.69, 9.17) is 5.14 Å². The van der Waals surface area contributed by atoms with Gasteiger partial charge in [-0.05, 0) is 43.4 Å². The van der Waals surface area contributed by atoms with Gasteiger partial charge in [-0.25, -0.2) is 13.6 Å². The normalized spacial score (nSPS) is 18.4. The number of sulfonamides is 1. The highest BCUT2D eigenvalue weighted by Crippen LogP contribution is 2.36. The molecular formula is C14H20N2O3S. The van der Waals surface area contributed by atoms with Crippen molar-refractivity contribution in [3.63, 3.8) is 0 Å². The Labute approximate surface area is 119 Å². The lowest BCUT2D eigenvalue weighted by atomic mass is 10.0. The van der Waals surface area contributed by atoms with E-state index < -0.39 is 10.0 Å². The van der Waals surface area contributed by atoms with Crippen molar-refractivity contribution in [3.05, 3.63) is 29.8 Å². The fraction of sp³-hybridized carbons (Fsp3) is 0.500. The minimum Gasteiger partial charge on any atom is -0.349 e. The van der Waals surface area contributed by atoms with Crippen molar-refractivity contribution < 1.29 is 13.2 Å². The number of amides is 1. The molecule has 0 saturated heterocycles. The molecule has 1 fully saturated rings. The molecule has 5 nitrogen and oxygen atoms in total. The predicted octanol–water partition coefficient (Wildman–Crippen LogP) is 1.56. The molecule has 2 unspecified atom stereocenters. The van der Waals surface area contributed by atoms with Gasteiger partial charge in [0.1, 0.15) is 0 Å². The molecule has 1 aliphatic rings. The molecule has 1 saturated carbocycles. The van der Waals surface area contributed by atoms with Crippen molar-refractivity contribution in [1.82, 2.24) is 5.32 Å². The third kappa shape index (κ3) is 3.58. The molecule has 0 bridgehead atoms. The lowest BCUT2D eigenvalue weighted by molar-refractivity contribution is -0.125. The largest absolute Gasteiger partial charge is 0.349 e. The Hall–Kier alpha value is -1.40. The fourth-order valence-corrected chi connectivity index (χ4v) is 2.77. The molecule has 0 spiro atoms. The number of benzene rings is 1. The maximum absolute atomic E-state index is 12.0. The van der Waals surface area contributed by atoms with Gasteiger partial charge in [0.05, 0.1) is 10.9 Å². The monoisotopic (exact) mass is 296 g/mol. The van der Waals surface area contributed by atoms with Crippen molar-refractivity contribution >= 4 is 15.9 Å². The number of nitrogens with one attached hydrogen (secondary N) is 1. The highest BCUT2D eigenvalue weighted by molar-refractivity contribution is 7.89. The van der Waals surface area contributed by atoms with Gasteiger partial charge in [0.15, 0.2) is 0 Å². The van der Waals surface area contributed by atoms with E-state index in [1.807, 2.05) is 13.8 Å². The molecule has 0 aliphatic heterocycles. The quantitative estimate of drug-likeness (QED) is 0.864. The van der Waals surface area contributed by atoms with Crippen molar-refractivity contribution in [2.45, 2.75) is 37.6 Å². The smallest absolute Gasteiger partial charge is 0.238 e. The van der Waals surface area contributed by atoms with Crippen LogP contribution in [0.1, 0.15) is 38.3 Å². The van der Waals surface area contributed by atoms with E-state index in [1.165, 1.54) is 12.1 Å². The molecule has 0 radical (unpaired) electrons. The molecule has 1 aliphatic carbocycles. The molecule has 2 rings (SSSR count). The fourth-order valence-electron chi connectivity index (χ4n) is 2.20. The standard InChI is InChI=1S/C14H20N2O3S/c1-9(11-6-7-11)14(17)16-10(2)12-4-3-5-13(8-12)20(15,18)19/h3-5,8-11H,6-7H2,1-2H3,(H,16,17)(H2,15,18,19). The van der Waals surface area contributed by atoms with E-state index in [1.54, 1.807) is 12.1 Å². The third-order valence-corrected chi connectivity index (χ3v) is 4.70. The molecule has 2 atom stereocenters. The molecule has 110 valence electrons. The Bertz CT molecular complexity index is 609. The van der Waals surface area contributed by atoms with E-state index in [9.17, 15) is 13.2 Å². The first-order valence-electron chi connectivity index (χ1n) is 6.72. The van der Waals surface area contributed by atoms with Crippen LogP contribution in [0.5, 0.6) is 0 Å². The lowest BCUT2D eigenvalue weighted by Crippen LogP contribution is -2.32. The molecule has 1 amide bonds. The average Bonchev–Trinajstić information content (AvgIpc) is 3.21. The first-order valence-corrected chi connectivity index (χ1v) is 8.27. The number of carbonyl (C=O) groups excluding carboxylic acids is 1. The number of rotatable bonds is 5. The van der Waals surface area contributed by atoms with Gasteiger partial charge in [0.2, 0.25) is 15.9 Å². The van der Waals surface area contributed by atoms with Crippen LogP contribution in [0.15, 0.2) is 29.2 Å². The first kappa shape index (κ1) is 15.0. The molecular weight excluding hydrogens is 276 g/mol. The molecule has 20 heavy (non-hydrogen) atoms. The van der Waals surface area contributed by atoms with E-state index >= 15 is 0 Å². The van der Waals surface area contributed by atoms with Crippen molar-refractivity contribution in [1.29, 1.82) is 0 Å². The number of primary sulfonamides is 1. The summed E-state index contributed by atoms with van der Waals surface area (Å²) in [7, 11) is -3.72. The van der Waals surface area contributed by atoms with Crippen LogP contribution in [-0.4, -0.2) is 14.3 Å². The second kappa shape index (κ2) is 5.54. The van der Waals surface area contributed by atoms with E-state index in [0.29, 0.717) is 5.92 Å². The maximum Gasteiger partial charge on any atom is 0.238 e. The van der Waals surface area contributed by atoms with Crippen LogP contribution in [-0.2, 0) is 14.8 Å². The molecule has 3 N–H and O–H groups in total. The second-order valence-corrected chi connectivity index (χ2v) is 7.04. The van der Waals surface area contributed by atoms with Crippen LogP contribution < -0.4 is 10.5 Å². The van der Waals surface area contributed by atoms with Crippen LogP contribution in [0, 0.1) is 11.8 Å². The van der Waals surface area contributed by atoms with Crippen molar-refractivity contribution in [3.8, 4) is 0 Å². The van der Waals surface area contributed by atoms with Crippen LogP contribution in [0.2, 0.25) is 0 Å². The van der Waals surface area contributed by atoms with Crippen LogP contribution in [0.4, 0.5) is 0 Å². The Morgan fingerprint density at radius 1 is 1.35 bits per heavy atom. The Kier molecular flexibility index (Phi) is 4.15. The van der Waals surface area contributed by atoms with Crippen LogP contribution in [0.3, 0.4) is 0 Å². The maximum atomic E-state index is 12.0. The number of hydrogen-bond donors (Lipinski definition) is 2. The first-order chi connectivity index (χ1) is 9.29. The summed E-state index contributed by atoms with van der Waals surface area (Å²) >= 11 is 0. The highest BCUT2D eigenvalue weighted by atomic mass is 32.2. The predicted molar refractivity (Wildman–Crippen MR) is 76.3 cm³/mol. The molecule has 1 aromatic carbocycles. The van der Waals surface area contributed by atoms with Gasteiger partial charge in [-0.2, -0.15) is 0 Å². The molecule has 0 heterocycles. The zero-order valence-corrected chi connectivity index (χ0v) is 12.5. The molecule has 0 aromatic heterocycles. The zero-order valence-electron chi connectivity index (χ0n) is 11.7.